The quantitative estimate of drug-likeness (QED) is 0.167. The normalized spacial score (nSPS) is 12.7. The summed E-state index contributed by atoms with van der Waals surface area (Å²) in [6.45, 7) is 0. The van der Waals surface area contributed by atoms with Crippen molar-refractivity contribution in [3.05, 3.63) is 186 Å². The minimum Gasteiger partial charge on any atom is -0.456 e. The fourth-order valence-corrected chi connectivity index (χ4v) is 8.36. The highest BCUT2D eigenvalue weighted by atomic mass is 16.3. The van der Waals surface area contributed by atoms with Crippen LogP contribution in [-0.4, -0.2) is 15.0 Å². The maximum atomic E-state index is 6.51. The third kappa shape index (κ3) is 5.33. The number of fused-ring (bicyclic) bond motifs is 9. The largest absolute Gasteiger partial charge is 0.456 e. The van der Waals surface area contributed by atoms with Gasteiger partial charge in [-0.05, 0) is 91.7 Å². The van der Waals surface area contributed by atoms with E-state index in [1.807, 2.05) is 60.7 Å². The van der Waals surface area contributed by atoms with Crippen molar-refractivity contribution in [3.8, 4) is 45.3 Å². The van der Waals surface area contributed by atoms with Gasteiger partial charge in [-0.25, -0.2) is 15.0 Å². The topological polar surface area (TPSA) is 51.8 Å². The van der Waals surface area contributed by atoms with Crippen molar-refractivity contribution in [1.82, 2.24) is 15.0 Å². The molecule has 0 saturated heterocycles. The monoisotopic (exact) mass is 703 g/mol. The molecule has 258 valence electrons. The second-order valence-electron chi connectivity index (χ2n) is 14.2. The Balaban J connectivity index is 1.03. The maximum Gasteiger partial charge on any atom is 0.164 e. The molecule has 0 N–H and O–H groups in total. The average molecular weight is 704 g/mol. The highest BCUT2D eigenvalue weighted by Gasteiger charge is 2.17. The highest BCUT2D eigenvalue weighted by Crippen LogP contribution is 2.37. The molecule has 0 amide bonds. The van der Waals surface area contributed by atoms with E-state index < -0.39 is 0 Å². The van der Waals surface area contributed by atoms with Crippen molar-refractivity contribution in [2.75, 3.05) is 0 Å². The molecule has 8 aromatic carbocycles. The molecule has 4 nitrogen and oxygen atoms in total. The molecule has 2 heterocycles. The van der Waals surface area contributed by atoms with Crippen molar-refractivity contribution in [2.24, 2.45) is 0 Å². The first-order chi connectivity index (χ1) is 27.2. The zero-order valence-corrected chi connectivity index (χ0v) is 29.9. The predicted octanol–water partition coefficient (Wildman–Crippen LogP) is 11.5. The molecular weight excluding hydrogens is 671 g/mol. The van der Waals surface area contributed by atoms with Gasteiger partial charge in [0.1, 0.15) is 11.0 Å². The third-order valence-corrected chi connectivity index (χ3v) is 11.0. The Labute approximate surface area is 317 Å². The molecule has 1 aliphatic rings. The molecule has 0 unspecified atom stereocenters. The molecule has 11 rings (SSSR count). The van der Waals surface area contributed by atoms with Gasteiger partial charge in [-0.3, -0.25) is 0 Å². The molecule has 0 spiro atoms. The van der Waals surface area contributed by atoms with Crippen molar-refractivity contribution in [3.63, 3.8) is 0 Å². The fraction of sp³-hybridized carbons (Fsp3) is 0.0392. The van der Waals surface area contributed by atoms with E-state index in [-0.39, 0.29) is 0 Å². The second kappa shape index (κ2) is 12.8. The predicted molar refractivity (Wildman–Crippen MR) is 226 cm³/mol. The van der Waals surface area contributed by atoms with Gasteiger partial charge in [0.15, 0.2) is 17.5 Å². The summed E-state index contributed by atoms with van der Waals surface area (Å²) in [7, 11) is 0. The molecule has 2 aromatic heterocycles. The molecule has 10 aromatic rings. The van der Waals surface area contributed by atoms with Crippen LogP contribution in [0.3, 0.4) is 0 Å². The number of nitrogens with zero attached hydrogens (tertiary/aromatic N) is 3. The molecule has 0 aliphatic heterocycles. The lowest BCUT2D eigenvalue weighted by atomic mass is 9.91. The van der Waals surface area contributed by atoms with Gasteiger partial charge in [-0.2, -0.15) is 0 Å². The van der Waals surface area contributed by atoms with Gasteiger partial charge in [0.05, 0.1) is 0 Å². The van der Waals surface area contributed by atoms with E-state index >= 15 is 0 Å². The van der Waals surface area contributed by atoms with E-state index in [0.29, 0.717) is 17.5 Å². The molecule has 0 fully saturated rings. The first-order valence-corrected chi connectivity index (χ1v) is 18.8. The Kier molecular flexibility index (Phi) is 7.27. The van der Waals surface area contributed by atoms with E-state index in [0.717, 1.165) is 45.9 Å². The van der Waals surface area contributed by atoms with E-state index in [1.54, 1.807) is 0 Å². The van der Waals surface area contributed by atoms with Gasteiger partial charge in [0.25, 0.3) is 0 Å². The fourth-order valence-electron chi connectivity index (χ4n) is 8.36. The van der Waals surface area contributed by atoms with Gasteiger partial charge in [-0.1, -0.05) is 152 Å². The van der Waals surface area contributed by atoms with Crippen LogP contribution in [0, 0.1) is 0 Å². The minimum atomic E-state index is 0.650. The zero-order chi connectivity index (χ0) is 36.3. The summed E-state index contributed by atoms with van der Waals surface area (Å²) in [6.07, 6.45) is 4.10. The molecule has 4 heteroatoms. The number of hydrogen-bond donors (Lipinski definition) is 0. The molecule has 0 saturated carbocycles. The summed E-state index contributed by atoms with van der Waals surface area (Å²) in [5, 5.41) is 10.0. The third-order valence-electron chi connectivity index (χ3n) is 11.0. The molecule has 0 radical (unpaired) electrons. The standard InChI is InChI=1S/C51H33N3O/c1-3-12-33(13-4-1)49-52-50(34-14-5-2-6-15-34)54-51(53-49)35-24-22-32(23-25-35)38-20-11-21-47-48(38)45-31-37(27-29-46(45)55-47)36-26-28-43-41-18-8-7-16-39(41)40-17-9-10-19-42(40)44(43)30-36/h1-10,12-19,21-31H,11,20H2. The number of furan rings is 1. The van der Waals surface area contributed by atoms with E-state index in [9.17, 15) is 0 Å². The van der Waals surface area contributed by atoms with Gasteiger partial charge < -0.3 is 4.42 Å². The van der Waals surface area contributed by atoms with Crippen molar-refractivity contribution in [1.29, 1.82) is 0 Å². The highest BCUT2D eigenvalue weighted by molar-refractivity contribution is 6.25. The van der Waals surface area contributed by atoms with Crippen LogP contribution in [0.4, 0.5) is 0 Å². The molecule has 55 heavy (non-hydrogen) atoms. The number of hydrogen-bond acceptors (Lipinski definition) is 4. The number of benzene rings is 8. The zero-order valence-electron chi connectivity index (χ0n) is 29.9. The van der Waals surface area contributed by atoms with E-state index in [2.05, 4.69) is 115 Å². The van der Waals surface area contributed by atoms with Crippen LogP contribution in [0.15, 0.2) is 174 Å². The number of aromatic nitrogens is 3. The SMILES string of the molecule is C1=c2oc3ccc(-c4ccc5c6ccccc6c6ccccc6c5c4)cc3c2=C(c2ccc(-c3nc(-c4ccccc4)nc(-c4ccccc4)n3)cc2)CC1. The Morgan fingerprint density at radius 3 is 1.38 bits per heavy atom. The summed E-state index contributed by atoms with van der Waals surface area (Å²) < 4.78 is 6.51. The number of rotatable bonds is 5. The first kappa shape index (κ1) is 31.4. The van der Waals surface area contributed by atoms with Gasteiger partial charge in [0.2, 0.25) is 0 Å². The van der Waals surface area contributed by atoms with Crippen LogP contribution in [0.1, 0.15) is 18.4 Å². The summed E-state index contributed by atoms with van der Waals surface area (Å²) in [4.78, 5) is 14.8. The smallest absolute Gasteiger partial charge is 0.164 e. The van der Waals surface area contributed by atoms with Crippen LogP contribution in [0.5, 0.6) is 0 Å². The molecule has 0 atom stereocenters. The molecule has 0 bridgehead atoms. The molecule has 1 aliphatic carbocycles. The van der Waals surface area contributed by atoms with Crippen LogP contribution >= 0.6 is 0 Å². The lowest BCUT2D eigenvalue weighted by molar-refractivity contribution is 0.571. The van der Waals surface area contributed by atoms with E-state index in [4.69, 9.17) is 19.4 Å². The van der Waals surface area contributed by atoms with Crippen molar-refractivity contribution in [2.45, 2.75) is 12.8 Å². The summed E-state index contributed by atoms with van der Waals surface area (Å²) in [5.41, 5.74) is 9.55. The van der Waals surface area contributed by atoms with Crippen molar-refractivity contribution >= 4 is 54.9 Å². The first-order valence-electron chi connectivity index (χ1n) is 18.8. The Morgan fingerprint density at radius 1 is 0.364 bits per heavy atom. The summed E-state index contributed by atoms with van der Waals surface area (Å²) in [5.74, 6) is 1.96. The maximum absolute atomic E-state index is 6.51. The van der Waals surface area contributed by atoms with Crippen LogP contribution in [-0.2, 0) is 0 Å². The lowest BCUT2D eigenvalue weighted by Crippen LogP contribution is -2.26. The van der Waals surface area contributed by atoms with Gasteiger partial charge >= 0.3 is 0 Å². The molecular formula is C51H33N3O. The second-order valence-corrected chi connectivity index (χ2v) is 14.2. The Hall–Kier alpha value is -7.17. The van der Waals surface area contributed by atoms with Crippen LogP contribution in [0.2, 0.25) is 0 Å². The van der Waals surface area contributed by atoms with Crippen LogP contribution in [0.25, 0.3) is 100 Å². The summed E-state index contributed by atoms with van der Waals surface area (Å²) in [6, 6.07) is 59.9. The summed E-state index contributed by atoms with van der Waals surface area (Å²) >= 11 is 0. The minimum absolute atomic E-state index is 0.650. The Morgan fingerprint density at radius 2 is 0.800 bits per heavy atom. The van der Waals surface area contributed by atoms with E-state index in [1.165, 1.54) is 59.8 Å². The van der Waals surface area contributed by atoms with Crippen LogP contribution < -0.4 is 10.6 Å². The van der Waals surface area contributed by atoms with Gasteiger partial charge in [0, 0.05) is 27.3 Å². The Bertz CT molecular complexity index is 3150. The lowest BCUT2D eigenvalue weighted by Gasteiger charge is -2.12. The van der Waals surface area contributed by atoms with Gasteiger partial charge in [-0.15, -0.1) is 0 Å². The van der Waals surface area contributed by atoms with Crippen molar-refractivity contribution < 1.29 is 4.42 Å². The average Bonchev–Trinajstić information content (AvgIpc) is 3.65.